The van der Waals surface area contributed by atoms with Crippen LogP contribution in [-0.4, -0.2) is 16.4 Å². The topological polar surface area (TPSA) is 9.23 Å². The highest BCUT2D eigenvalue weighted by Crippen LogP contribution is 2.26. The van der Waals surface area contributed by atoms with E-state index >= 15 is 0 Å². The minimum Gasteiger partial charge on any atom is -0.542 e. The number of benzene rings is 1. The Morgan fingerprint density at radius 2 is 1.45 bits per heavy atom. The Morgan fingerprint density at radius 3 is 1.85 bits per heavy atom. The first-order valence-corrected chi connectivity index (χ1v) is 14.1. The first kappa shape index (κ1) is 17.0. The Kier molecular flexibility index (Phi) is 5.25. The lowest BCUT2D eigenvalue weighted by Gasteiger charge is -2.22. The molecule has 0 spiro atoms. The van der Waals surface area contributed by atoms with E-state index in [2.05, 4.69) is 76.2 Å². The number of hydrogen-bond acceptors (Lipinski definition) is 1. The zero-order valence-corrected chi connectivity index (χ0v) is 16.2. The first-order chi connectivity index (χ1) is 8.99. The number of hydrogen-bond donors (Lipinski definition) is 0. The highest BCUT2D eigenvalue weighted by Gasteiger charge is 2.22. The Hall–Kier alpha value is -1.03. The molecule has 0 unspecified atom stereocenters. The maximum atomic E-state index is 6.05. The summed E-state index contributed by atoms with van der Waals surface area (Å²) in [6.07, 6.45) is 0. The summed E-state index contributed by atoms with van der Waals surface area (Å²) in [4.78, 5) is 0. The first-order valence-electron chi connectivity index (χ1n) is 7.23. The molecule has 1 nitrogen and oxygen atoms in total. The molecular formula is C17H28OSi2. The average Bonchev–Trinajstić information content (AvgIpc) is 2.23. The summed E-state index contributed by atoms with van der Waals surface area (Å²) in [6.45, 7) is 17.9. The molecule has 1 rings (SSSR count). The molecule has 0 atom stereocenters. The summed E-state index contributed by atoms with van der Waals surface area (Å²) in [7, 11) is -3.02. The summed E-state index contributed by atoms with van der Waals surface area (Å²) in [5, 5.41) is 1.34. The largest absolute Gasteiger partial charge is 0.542 e. The molecule has 0 bridgehead atoms. The molecule has 1 aromatic carbocycles. The molecule has 0 N–H and O–H groups in total. The third kappa shape index (κ3) is 5.53. The normalized spacial score (nSPS) is 11.8. The second-order valence-electron chi connectivity index (χ2n) is 7.39. The van der Waals surface area contributed by atoms with Crippen LogP contribution in [0, 0.1) is 6.92 Å². The van der Waals surface area contributed by atoms with Gasteiger partial charge in [-0.2, -0.15) is 0 Å². The van der Waals surface area contributed by atoms with Crippen molar-refractivity contribution in [1.29, 1.82) is 0 Å². The van der Waals surface area contributed by atoms with Crippen LogP contribution in [0.15, 0.2) is 35.8 Å². The van der Waals surface area contributed by atoms with Gasteiger partial charge in [-0.1, -0.05) is 55.2 Å². The third-order valence-corrected chi connectivity index (χ3v) is 5.68. The van der Waals surface area contributed by atoms with E-state index < -0.39 is 16.4 Å². The lowest BCUT2D eigenvalue weighted by atomic mass is 10.1. The Bertz CT molecular complexity index is 522. The standard InChI is InChI=1S/C17H28OSi2/c1-14-9-11-16(12-10-14)17(19(3,4)5)13-15(2)18-20(6,7)8/h9-12H,1-8H3. The lowest BCUT2D eigenvalue weighted by Crippen LogP contribution is -2.25. The van der Waals surface area contributed by atoms with Gasteiger partial charge in [0.1, 0.15) is 5.76 Å². The molecular weight excluding hydrogens is 276 g/mol. The van der Waals surface area contributed by atoms with Crippen molar-refractivity contribution >= 4 is 21.6 Å². The van der Waals surface area contributed by atoms with Gasteiger partial charge in [-0.15, -0.1) is 0 Å². The van der Waals surface area contributed by atoms with Crippen molar-refractivity contribution in [3.8, 4) is 0 Å². The van der Waals surface area contributed by atoms with Gasteiger partial charge in [0.15, 0.2) is 0 Å². The molecule has 0 aliphatic carbocycles. The van der Waals surface area contributed by atoms with Crippen LogP contribution >= 0.6 is 0 Å². The van der Waals surface area contributed by atoms with Crippen molar-refractivity contribution in [2.45, 2.75) is 53.1 Å². The Morgan fingerprint density at radius 1 is 0.950 bits per heavy atom. The monoisotopic (exact) mass is 304 g/mol. The van der Waals surface area contributed by atoms with Crippen molar-refractivity contribution in [3.05, 3.63) is 46.9 Å². The van der Waals surface area contributed by atoms with Gasteiger partial charge in [0, 0.05) is 0 Å². The molecule has 0 saturated carbocycles. The van der Waals surface area contributed by atoms with Crippen LogP contribution in [0.25, 0.3) is 5.20 Å². The maximum Gasteiger partial charge on any atom is 0.242 e. The van der Waals surface area contributed by atoms with E-state index in [0.717, 1.165) is 5.76 Å². The van der Waals surface area contributed by atoms with Crippen LogP contribution in [0.5, 0.6) is 0 Å². The maximum absolute atomic E-state index is 6.05. The minimum atomic E-state index is -1.55. The molecule has 1 aromatic rings. The fourth-order valence-corrected chi connectivity index (χ4v) is 4.63. The smallest absolute Gasteiger partial charge is 0.242 e. The highest BCUT2D eigenvalue weighted by molar-refractivity contribution is 6.93. The molecule has 0 saturated heterocycles. The number of aryl methyl sites for hydroxylation is 1. The zero-order valence-electron chi connectivity index (χ0n) is 14.2. The molecule has 20 heavy (non-hydrogen) atoms. The Labute approximate surface area is 126 Å². The Balaban J connectivity index is 3.34. The van der Waals surface area contributed by atoms with Crippen molar-refractivity contribution in [2.75, 3.05) is 0 Å². The van der Waals surface area contributed by atoms with Crippen molar-refractivity contribution in [3.63, 3.8) is 0 Å². The van der Waals surface area contributed by atoms with E-state index in [-0.39, 0.29) is 0 Å². The van der Waals surface area contributed by atoms with Crippen LogP contribution in [-0.2, 0) is 4.43 Å². The molecule has 0 aliphatic heterocycles. The molecule has 0 aliphatic rings. The van der Waals surface area contributed by atoms with Gasteiger partial charge in [-0.05, 0) is 44.2 Å². The number of allylic oxidation sites excluding steroid dienone is 1. The van der Waals surface area contributed by atoms with Gasteiger partial charge >= 0.3 is 0 Å². The second kappa shape index (κ2) is 6.17. The minimum absolute atomic E-state index is 0.933. The van der Waals surface area contributed by atoms with Gasteiger partial charge in [0.05, 0.1) is 8.07 Å². The lowest BCUT2D eigenvalue weighted by molar-refractivity contribution is 0.426. The van der Waals surface area contributed by atoms with Gasteiger partial charge in [0.25, 0.3) is 0 Å². The molecule has 0 amide bonds. The highest BCUT2D eigenvalue weighted by atomic mass is 28.4. The van der Waals surface area contributed by atoms with E-state index in [1.54, 1.807) is 0 Å². The van der Waals surface area contributed by atoms with Crippen molar-refractivity contribution in [1.82, 2.24) is 0 Å². The quantitative estimate of drug-likeness (QED) is 0.399. The van der Waals surface area contributed by atoms with Crippen LogP contribution in [0.4, 0.5) is 0 Å². The summed E-state index contributed by atoms with van der Waals surface area (Å²) in [5.41, 5.74) is 6.14. The second-order valence-corrected chi connectivity index (χ2v) is 16.8. The van der Waals surface area contributed by atoms with Crippen LogP contribution in [0.2, 0.25) is 39.3 Å². The van der Waals surface area contributed by atoms with Gasteiger partial charge in [0.2, 0.25) is 8.32 Å². The fourth-order valence-electron chi connectivity index (χ4n) is 2.07. The third-order valence-electron chi connectivity index (χ3n) is 2.85. The molecule has 0 radical (unpaired) electrons. The SMILES string of the molecule is CC(=C=C(c1ccc(C)cc1)[Si](C)(C)C)O[Si](C)(C)C. The molecule has 0 heterocycles. The molecule has 0 aromatic heterocycles. The van der Waals surface area contributed by atoms with Crippen molar-refractivity contribution < 1.29 is 4.43 Å². The fraction of sp³-hybridized carbons (Fsp3) is 0.471. The molecule has 0 fully saturated rings. The van der Waals surface area contributed by atoms with Gasteiger partial charge in [-0.25, -0.2) is 0 Å². The van der Waals surface area contributed by atoms with E-state index in [0.29, 0.717) is 0 Å². The van der Waals surface area contributed by atoms with E-state index in [1.165, 1.54) is 16.3 Å². The average molecular weight is 305 g/mol. The molecule has 110 valence electrons. The predicted molar refractivity (Wildman–Crippen MR) is 95.1 cm³/mol. The molecule has 3 heteroatoms. The van der Waals surface area contributed by atoms with Gasteiger partial charge < -0.3 is 4.43 Å². The van der Waals surface area contributed by atoms with Gasteiger partial charge in [-0.3, -0.25) is 0 Å². The van der Waals surface area contributed by atoms with E-state index in [9.17, 15) is 0 Å². The summed E-state index contributed by atoms with van der Waals surface area (Å²) in [5.74, 6) is 0.933. The summed E-state index contributed by atoms with van der Waals surface area (Å²) in [6, 6.07) is 8.76. The summed E-state index contributed by atoms with van der Waals surface area (Å²) >= 11 is 0. The van der Waals surface area contributed by atoms with Crippen LogP contribution in [0.1, 0.15) is 18.1 Å². The van der Waals surface area contributed by atoms with Crippen molar-refractivity contribution in [2.24, 2.45) is 0 Å². The summed E-state index contributed by atoms with van der Waals surface area (Å²) < 4.78 is 6.05. The van der Waals surface area contributed by atoms with E-state index in [1.807, 2.05) is 6.92 Å². The predicted octanol–water partition coefficient (Wildman–Crippen LogP) is 5.61. The number of rotatable bonds is 4. The van der Waals surface area contributed by atoms with E-state index in [4.69, 9.17) is 4.43 Å². The van der Waals surface area contributed by atoms with Crippen LogP contribution < -0.4 is 0 Å². The van der Waals surface area contributed by atoms with Crippen LogP contribution in [0.3, 0.4) is 0 Å². The zero-order chi connectivity index (χ0) is 15.6.